The van der Waals surface area contributed by atoms with Crippen LogP contribution < -0.4 is 5.32 Å². The third kappa shape index (κ3) is 3.59. The molecule has 118 valence electrons. The fourth-order valence-corrected chi connectivity index (χ4v) is 2.58. The number of carbonyl (C=O) groups excluding carboxylic acids is 1. The van der Waals surface area contributed by atoms with Crippen LogP contribution in [0, 0.1) is 13.8 Å². The molecule has 1 aromatic carbocycles. The second kappa shape index (κ2) is 6.65. The Morgan fingerprint density at radius 3 is 2.83 bits per heavy atom. The Morgan fingerprint density at radius 1 is 1.22 bits per heavy atom. The minimum Gasteiger partial charge on any atom is -0.464 e. The molecule has 2 aromatic heterocycles. The average molecular weight is 308 g/mol. The molecule has 2 heterocycles. The summed E-state index contributed by atoms with van der Waals surface area (Å²) in [5.74, 6) is 0.00172. The topological polar surface area (TPSA) is 55.1 Å². The van der Waals surface area contributed by atoms with Gasteiger partial charge in [0.15, 0.2) is 0 Å². The summed E-state index contributed by atoms with van der Waals surface area (Å²) in [6.07, 6.45) is 4.51. The van der Waals surface area contributed by atoms with Gasteiger partial charge in [-0.2, -0.15) is 0 Å². The van der Waals surface area contributed by atoms with Gasteiger partial charge in [0.1, 0.15) is 5.58 Å². The zero-order valence-electron chi connectivity index (χ0n) is 13.4. The molecule has 0 saturated heterocycles. The van der Waals surface area contributed by atoms with Gasteiger partial charge in [-0.25, -0.2) is 0 Å². The second-order valence-corrected chi connectivity index (χ2v) is 5.79. The predicted octanol–water partition coefficient (Wildman–Crippen LogP) is 3.35. The van der Waals surface area contributed by atoms with Gasteiger partial charge in [0, 0.05) is 35.8 Å². The van der Waals surface area contributed by atoms with Gasteiger partial charge in [-0.05, 0) is 49.2 Å². The third-order valence-corrected chi connectivity index (χ3v) is 4.05. The highest BCUT2D eigenvalue weighted by molar-refractivity contribution is 5.88. The Kier molecular flexibility index (Phi) is 4.42. The number of furan rings is 1. The van der Waals surface area contributed by atoms with E-state index in [1.54, 1.807) is 12.5 Å². The lowest BCUT2D eigenvalue weighted by Crippen LogP contribution is -2.27. The van der Waals surface area contributed by atoms with Crippen molar-refractivity contribution >= 4 is 16.9 Å². The van der Waals surface area contributed by atoms with E-state index in [-0.39, 0.29) is 5.91 Å². The zero-order valence-corrected chi connectivity index (χ0v) is 13.4. The minimum absolute atomic E-state index is 0.00172. The maximum Gasteiger partial charge on any atom is 0.224 e. The fourth-order valence-electron chi connectivity index (χ4n) is 2.58. The lowest BCUT2D eigenvalue weighted by molar-refractivity contribution is -0.120. The van der Waals surface area contributed by atoms with E-state index >= 15 is 0 Å². The van der Waals surface area contributed by atoms with Gasteiger partial charge < -0.3 is 9.73 Å². The number of hydrogen-bond donors (Lipinski definition) is 1. The Hall–Kier alpha value is -2.62. The van der Waals surface area contributed by atoms with Crippen molar-refractivity contribution in [3.8, 4) is 0 Å². The van der Waals surface area contributed by atoms with Crippen LogP contribution >= 0.6 is 0 Å². The molecule has 0 bridgehead atoms. The van der Waals surface area contributed by atoms with E-state index in [0.29, 0.717) is 13.0 Å². The second-order valence-electron chi connectivity index (χ2n) is 5.79. The standard InChI is InChI=1S/C19H20N2O2/c1-13-9-17-15(12-23-18(17)10-14(13)2)11-19(22)21-8-6-16-5-3-4-7-20-16/h3-5,7,9-10,12H,6,8,11H2,1-2H3,(H,21,22). The summed E-state index contributed by atoms with van der Waals surface area (Å²) in [4.78, 5) is 16.4. The van der Waals surface area contributed by atoms with E-state index in [1.165, 1.54) is 11.1 Å². The number of nitrogens with one attached hydrogen (secondary N) is 1. The molecule has 1 amide bonds. The molecule has 1 N–H and O–H groups in total. The van der Waals surface area contributed by atoms with E-state index in [9.17, 15) is 4.79 Å². The molecule has 0 radical (unpaired) electrons. The van der Waals surface area contributed by atoms with Crippen molar-refractivity contribution in [3.63, 3.8) is 0 Å². The number of rotatable bonds is 5. The van der Waals surface area contributed by atoms with Crippen molar-refractivity contribution in [1.82, 2.24) is 10.3 Å². The van der Waals surface area contributed by atoms with Crippen molar-refractivity contribution < 1.29 is 9.21 Å². The first-order valence-electron chi connectivity index (χ1n) is 7.77. The molecule has 3 aromatic rings. The van der Waals surface area contributed by atoms with Gasteiger partial charge in [0.25, 0.3) is 0 Å². The van der Waals surface area contributed by atoms with Crippen LogP contribution in [0.2, 0.25) is 0 Å². The Bertz CT molecular complexity index is 822. The molecule has 23 heavy (non-hydrogen) atoms. The molecular weight excluding hydrogens is 288 g/mol. The number of aryl methyl sites for hydroxylation is 2. The zero-order chi connectivity index (χ0) is 16.2. The molecule has 4 heteroatoms. The lowest BCUT2D eigenvalue weighted by atomic mass is 10.0. The average Bonchev–Trinajstić information content (AvgIpc) is 2.91. The largest absolute Gasteiger partial charge is 0.464 e. The molecule has 0 spiro atoms. The number of benzene rings is 1. The summed E-state index contributed by atoms with van der Waals surface area (Å²) < 4.78 is 5.57. The molecule has 4 nitrogen and oxygen atoms in total. The van der Waals surface area contributed by atoms with Crippen LogP contribution in [0.5, 0.6) is 0 Å². The lowest BCUT2D eigenvalue weighted by Gasteiger charge is -2.05. The van der Waals surface area contributed by atoms with Gasteiger partial charge in [0.2, 0.25) is 5.91 Å². The van der Waals surface area contributed by atoms with Crippen molar-refractivity contribution in [2.24, 2.45) is 0 Å². The van der Waals surface area contributed by atoms with E-state index in [0.717, 1.165) is 28.6 Å². The minimum atomic E-state index is 0.00172. The first kappa shape index (κ1) is 15.3. The van der Waals surface area contributed by atoms with Crippen LogP contribution in [0.4, 0.5) is 0 Å². The highest BCUT2D eigenvalue weighted by atomic mass is 16.3. The highest BCUT2D eigenvalue weighted by Crippen LogP contribution is 2.25. The van der Waals surface area contributed by atoms with Crippen LogP contribution in [0.25, 0.3) is 11.0 Å². The first-order chi connectivity index (χ1) is 11.1. The van der Waals surface area contributed by atoms with Crippen LogP contribution in [0.15, 0.2) is 47.2 Å². The summed E-state index contributed by atoms with van der Waals surface area (Å²) >= 11 is 0. The summed E-state index contributed by atoms with van der Waals surface area (Å²) in [6.45, 7) is 4.71. The Labute approximate surface area is 135 Å². The van der Waals surface area contributed by atoms with Crippen molar-refractivity contribution in [1.29, 1.82) is 0 Å². The van der Waals surface area contributed by atoms with Gasteiger partial charge in [-0.1, -0.05) is 6.07 Å². The summed E-state index contributed by atoms with van der Waals surface area (Å²) in [6, 6.07) is 9.90. The number of amides is 1. The van der Waals surface area contributed by atoms with Crippen LogP contribution in [0.1, 0.15) is 22.4 Å². The molecule has 0 saturated carbocycles. The maximum atomic E-state index is 12.1. The van der Waals surface area contributed by atoms with E-state index in [4.69, 9.17) is 4.42 Å². The van der Waals surface area contributed by atoms with Crippen molar-refractivity contribution in [2.75, 3.05) is 6.54 Å². The van der Waals surface area contributed by atoms with Gasteiger partial charge in [-0.3, -0.25) is 9.78 Å². The molecule has 0 aliphatic heterocycles. The first-order valence-corrected chi connectivity index (χ1v) is 7.77. The molecule has 0 fully saturated rings. The number of carbonyl (C=O) groups is 1. The van der Waals surface area contributed by atoms with Crippen LogP contribution in [0.3, 0.4) is 0 Å². The smallest absolute Gasteiger partial charge is 0.224 e. The Morgan fingerprint density at radius 2 is 2.04 bits per heavy atom. The molecule has 0 atom stereocenters. The normalized spacial score (nSPS) is 10.9. The monoisotopic (exact) mass is 308 g/mol. The SMILES string of the molecule is Cc1cc2occ(CC(=O)NCCc3ccccn3)c2cc1C. The highest BCUT2D eigenvalue weighted by Gasteiger charge is 2.11. The third-order valence-electron chi connectivity index (χ3n) is 4.05. The molecule has 0 aliphatic carbocycles. The summed E-state index contributed by atoms with van der Waals surface area (Å²) in [7, 11) is 0. The quantitative estimate of drug-likeness (QED) is 0.786. The van der Waals surface area contributed by atoms with E-state index in [2.05, 4.69) is 30.2 Å². The van der Waals surface area contributed by atoms with Gasteiger partial charge in [-0.15, -0.1) is 0 Å². The molecule has 0 unspecified atom stereocenters. The molecule has 3 rings (SSSR count). The molecule has 0 aliphatic rings. The van der Waals surface area contributed by atoms with Gasteiger partial charge in [0.05, 0.1) is 12.7 Å². The predicted molar refractivity (Wildman–Crippen MR) is 90.3 cm³/mol. The van der Waals surface area contributed by atoms with Crippen molar-refractivity contribution in [2.45, 2.75) is 26.7 Å². The number of hydrogen-bond acceptors (Lipinski definition) is 3. The summed E-state index contributed by atoms with van der Waals surface area (Å²) in [5.41, 5.74) is 5.14. The number of nitrogens with zero attached hydrogens (tertiary/aromatic N) is 1. The van der Waals surface area contributed by atoms with Crippen LogP contribution in [-0.2, 0) is 17.6 Å². The number of pyridine rings is 1. The van der Waals surface area contributed by atoms with E-state index < -0.39 is 0 Å². The van der Waals surface area contributed by atoms with Crippen LogP contribution in [-0.4, -0.2) is 17.4 Å². The number of fused-ring (bicyclic) bond motifs is 1. The van der Waals surface area contributed by atoms with E-state index in [1.807, 2.05) is 24.3 Å². The Balaban J connectivity index is 1.61. The van der Waals surface area contributed by atoms with Crippen molar-refractivity contribution in [3.05, 3.63) is 65.2 Å². The molecular formula is C19H20N2O2. The number of aromatic nitrogens is 1. The fraction of sp³-hybridized carbons (Fsp3) is 0.263. The van der Waals surface area contributed by atoms with Gasteiger partial charge >= 0.3 is 0 Å². The summed E-state index contributed by atoms with van der Waals surface area (Å²) in [5, 5.41) is 3.96. The maximum absolute atomic E-state index is 12.1.